The summed E-state index contributed by atoms with van der Waals surface area (Å²) in [4.78, 5) is 23.8. The Hall–Kier alpha value is -2.34. The van der Waals surface area contributed by atoms with Crippen LogP contribution >= 0.6 is 15.9 Å². The van der Waals surface area contributed by atoms with Gasteiger partial charge in [0, 0.05) is 4.47 Å². The Morgan fingerprint density at radius 2 is 1.73 bits per heavy atom. The SMILES string of the molecule is CCC[C@@H](NC(=O)COC(=O)COc1ccc(Br)cc1)c1ccccc1. The Kier molecular flexibility index (Phi) is 8.15. The minimum Gasteiger partial charge on any atom is -0.482 e. The van der Waals surface area contributed by atoms with E-state index < -0.39 is 5.97 Å². The van der Waals surface area contributed by atoms with Crippen LogP contribution in [0.1, 0.15) is 31.4 Å². The summed E-state index contributed by atoms with van der Waals surface area (Å²) in [5.41, 5.74) is 1.03. The lowest BCUT2D eigenvalue weighted by atomic mass is 10.0. The monoisotopic (exact) mass is 419 g/mol. The standard InChI is InChI=1S/C20H22BrNO4/c1-2-6-18(15-7-4-3-5-8-15)22-19(23)13-26-20(24)14-25-17-11-9-16(21)10-12-17/h3-5,7-12,18H,2,6,13-14H2,1H3,(H,22,23)/t18-/m1/s1. The molecule has 5 nitrogen and oxygen atoms in total. The van der Waals surface area contributed by atoms with Crippen LogP contribution < -0.4 is 10.1 Å². The number of halogens is 1. The van der Waals surface area contributed by atoms with Gasteiger partial charge in [0.05, 0.1) is 6.04 Å². The van der Waals surface area contributed by atoms with Gasteiger partial charge in [0.25, 0.3) is 5.91 Å². The smallest absolute Gasteiger partial charge is 0.344 e. The highest BCUT2D eigenvalue weighted by atomic mass is 79.9. The average Bonchev–Trinajstić information content (AvgIpc) is 2.66. The van der Waals surface area contributed by atoms with Crippen LogP contribution in [0.2, 0.25) is 0 Å². The number of ether oxygens (including phenoxy) is 2. The number of esters is 1. The number of rotatable bonds is 9. The zero-order valence-electron chi connectivity index (χ0n) is 14.6. The van der Waals surface area contributed by atoms with Crippen LogP contribution in [0.25, 0.3) is 0 Å². The van der Waals surface area contributed by atoms with Crippen molar-refractivity contribution in [3.8, 4) is 5.75 Å². The molecular formula is C20H22BrNO4. The number of hydrogen-bond acceptors (Lipinski definition) is 4. The molecule has 26 heavy (non-hydrogen) atoms. The summed E-state index contributed by atoms with van der Waals surface area (Å²) in [6.45, 7) is 1.49. The molecule has 0 bridgehead atoms. The largest absolute Gasteiger partial charge is 0.482 e. The third kappa shape index (κ3) is 6.88. The fraction of sp³-hybridized carbons (Fsp3) is 0.300. The summed E-state index contributed by atoms with van der Waals surface area (Å²) >= 11 is 3.32. The molecule has 0 aromatic heterocycles. The van der Waals surface area contributed by atoms with Crippen molar-refractivity contribution in [3.05, 3.63) is 64.6 Å². The fourth-order valence-corrected chi connectivity index (χ4v) is 2.66. The van der Waals surface area contributed by atoms with Gasteiger partial charge in [-0.05, 0) is 36.2 Å². The van der Waals surface area contributed by atoms with Crippen molar-refractivity contribution >= 4 is 27.8 Å². The van der Waals surface area contributed by atoms with Crippen molar-refractivity contribution in [1.29, 1.82) is 0 Å². The van der Waals surface area contributed by atoms with Gasteiger partial charge >= 0.3 is 5.97 Å². The summed E-state index contributed by atoms with van der Waals surface area (Å²) in [5.74, 6) is -0.360. The molecule has 6 heteroatoms. The number of benzene rings is 2. The topological polar surface area (TPSA) is 64.6 Å². The number of nitrogens with one attached hydrogen (secondary N) is 1. The fourth-order valence-electron chi connectivity index (χ4n) is 2.39. The predicted molar refractivity (Wildman–Crippen MR) is 103 cm³/mol. The van der Waals surface area contributed by atoms with Gasteiger partial charge in [-0.1, -0.05) is 59.6 Å². The molecule has 1 amide bonds. The number of hydrogen-bond donors (Lipinski definition) is 1. The predicted octanol–water partition coefficient (Wildman–Crippen LogP) is 4.03. The molecule has 1 N–H and O–H groups in total. The van der Waals surface area contributed by atoms with Gasteiger partial charge in [-0.3, -0.25) is 4.79 Å². The first-order valence-corrected chi connectivity index (χ1v) is 9.26. The second-order valence-electron chi connectivity index (χ2n) is 5.72. The zero-order chi connectivity index (χ0) is 18.8. The highest BCUT2D eigenvalue weighted by Crippen LogP contribution is 2.18. The van der Waals surface area contributed by atoms with Gasteiger partial charge in [-0.2, -0.15) is 0 Å². The third-order valence-electron chi connectivity index (χ3n) is 3.65. The highest BCUT2D eigenvalue weighted by molar-refractivity contribution is 9.10. The van der Waals surface area contributed by atoms with Crippen molar-refractivity contribution in [1.82, 2.24) is 5.32 Å². The number of carbonyl (C=O) groups is 2. The van der Waals surface area contributed by atoms with Crippen molar-refractivity contribution in [3.63, 3.8) is 0 Å². The van der Waals surface area contributed by atoms with Crippen LogP contribution in [0.3, 0.4) is 0 Å². The van der Waals surface area contributed by atoms with E-state index in [1.807, 2.05) is 42.5 Å². The van der Waals surface area contributed by atoms with Crippen molar-refractivity contribution in [2.75, 3.05) is 13.2 Å². The summed E-state index contributed by atoms with van der Waals surface area (Å²) in [6.07, 6.45) is 1.75. The van der Waals surface area contributed by atoms with Gasteiger partial charge in [-0.25, -0.2) is 4.79 Å². The van der Waals surface area contributed by atoms with Crippen molar-refractivity contribution in [2.24, 2.45) is 0 Å². The molecule has 0 radical (unpaired) electrons. The number of amides is 1. The normalized spacial score (nSPS) is 11.5. The molecule has 2 aromatic rings. The maximum absolute atomic E-state index is 12.1. The first-order valence-electron chi connectivity index (χ1n) is 8.46. The maximum Gasteiger partial charge on any atom is 0.344 e. The first kappa shape index (κ1) is 20.0. The summed E-state index contributed by atoms with van der Waals surface area (Å²) in [7, 11) is 0. The van der Waals surface area contributed by atoms with E-state index in [9.17, 15) is 9.59 Å². The van der Waals surface area contributed by atoms with Gasteiger partial charge in [0.1, 0.15) is 5.75 Å². The third-order valence-corrected chi connectivity index (χ3v) is 4.18. The zero-order valence-corrected chi connectivity index (χ0v) is 16.2. The van der Waals surface area contributed by atoms with Gasteiger partial charge in [0.15, 0.2) is 13.2 Å². The Morgan fingerprint density at radius 3 is 2.38 bits per heavy atom. The minimum atomic E-state index is -0.588. The molecule has 0 saturated carbocycles. The molecular weight excluding hydrogens is 398 g/mol. The molecule has 138 valence electrons. The summed E-state index contributed by atoms with van der Waals surface area (Å²) < 4.78 is 11.2. The van der Waals surface area contributed by atoms with Crippen LogP contribution in [0, 0.1) is 0 Å². The van der Waals surface area contributed by atoms with E-state index in [-0.39, 0.29) is 25.2 Å². The quantitative estimate of drug-likeness (QED) is 0.623. The molecule has 0 aliphatic rings. The van der Waals surface area contributed by atoms with E-state index >= 15 is 0 Å². The van der Waals surface area contributed by atoms with Crippen LogP contribution in [-0.4, -0.2) is 25.1 Å². The Labute approximate surface area is 161 Å². The van der Waals surface area contributed by atoms with E-state index in [0.717, 1.165) is 22.9 Å². The second kappa shape index (κ2) is 10.6. The van der Waals surface area contributed by atoms with Gasteiger partial charge in [0.2, 0.25) is 0 Å². The van der Waals surface area contributed by atoms with Crippen molar-refractivity contribution in [2.45, 2.75) is 25.8 Å². The molecule has 2 rings (SSSR count). The van der Waals surface area contributed by atoms with E-state index in [0.29, 0.717) is 5.75 Å². The molecule has 0 saturated heterocycles. The van der Waals surface area contributed by atoms with E-state index in [1.54, 1.807) is 12.1 Å². The molecule has 0 spiro atoms. The van der Waals surface area contributed by atoms with E-state index in [1.165, 1.54) is 0 Å². The van der Waals surface area contributed by atoms with Gasteiger partial charge < -0.3 is 14.8 Å². The van der Waals surface area contributed by atoms with Crippen LogP contribution in [0.5, 0.6) is 5.75 Å². The average molecular weight is 420 g/mol. The second-order valence-corrected chi connectivity index (χ2v) is 6.64. The summed E-state index contributed by atoms with van der Waals surface area (Å²) in [6, 6.07) is 16.7. The van der Waals surface area contributed by atoms with Crippen LogP contribution in [0.4, 0.5) is 0 Å². The Balaban J connectivity index is 1.75. The maximum atomic E-state index is 12.1. The molecule has 0 unspecified atom stereocenters. The van der Waals surface area contributed by atoms with Crippen molar-refractivity contribution < 1.29 is 19.1 Å². The Bertz CT molecular complexity index is 704. The number of carbonyl (C=O) groups excluding carboxylic acids is 2. The summed E-state index contributed by atoms with van der Waals surface area (Å²) in [5, 5.41) is 2.91. The van der Waals surface area contributed by atoms with Crippen LogP contribution in [-0.2, 0) is 14.3 Å². The highest BCUT2D eigenvalue weighted by Gasteiger charge is 2.15. The molecule has 0 aliphatic heterocycles. The van der Waals surface area contributed by atoms with Gasteiger partial charge in [-0.15, -0.1) is 0 Å². The molecule has 1 atom stereocenters. The van der Waals surface area contributed by atoms with E-state index in [4.69, 9.17) is 9.47 Å². The minimum absolute atomic E-state index is 0.0913. The Morgan fingerprint density at radius 1 is 1.04 bits per heavy atom. The molecule has 0 aliphatic carbocycles. The molecule has 2 aromatic carbocycles. The molecule has 0 heterocycles. The van der Waals surface area contributed by atoms with Crippen LogP contribution in [0.15, 0.2) is 59.1 Å². The first-order chi connectivity index (χ1) is 12.6. The molecule has 0 fully saturated rings. The lowest BCUT2D eigenvalue weighted by Gasteiger charge is -2.18. The lowest BCUT2D eigenvalue weighted by molar-refractivity contribution is -0.150. The van der Waals surface area contributed by atoms with E-state index in [2.05, 4.69) is 28.2 Å². The lowest BCUT2D eigenvalue weighted by Crippen LogP contribution is -2.33.